The quantitative estimate of drug-likeness (QED) is 0.718. The molecule has 0 saturated heterocycles. The van der Waals surface area contributed by atoms with Crippen molar-refractivity contribution in [2.75, 3.05) is 6.61 Å². The van der Waals surface area contributed by atoms with Crippen LogP contribution in [0, 0.1) is 6.92 Å². The number of carbonyl (C=O) groups is 2. The fourth-order valence-electron chi connectivity index (χ4n) is 2.50. The van der Waals surface area contributed by atoms with Gasteiger partial charge in [-0.15, -0.1) is 0 Å². The molecule has 0 fully saturated rings. The van der Waals surface area contributed by atoms with Crippen LogP contribution in [0.4, 0.5) is 13.2 Å². The normalized spacial score (nSPS) is 12.3. The van der Waals surface area contributed by atoms with Gasteiger partial charge >= 0.3 is 6.18 Å². The summed E-state index contributed by atoms with van der Waals surface area (Å²) in [4.78, 5) is 32.5. The van der Waals surface area contributed by atoms with Gasteiger partial charge in [0, 0.05) is 12.1 Å². The van der Waals surface area contributed by atoms with Gasteiger partial charge in [-0.25, -0.2) is 9.97 Å². The van der Waals surface area contributed by atoms with Crippen molar-refractivity contribution in [2.24, 2.45) is 0 Å². The Morgan fingerprint density at radius 3 is 2.41 bits per heavy atom. The SMILES string of the molecule is CCC(=O)Cc1nc(C)cc(C(=O)NC(C)c2ccc(OCC(F)(F)F)cc2)n1. The van der Waals surface area contributed by atoms with Crippen molar-refractivity contribution in [2.45, 2.75) is 45.8 Å². The molecule has 1 unspecified atom stereocenters. The summed E-state index contributed by atoms with van der Waals surface area (Å²) in [7, 11) is 0. The number of nitrogens with zero attached hydrogens (tertiary/aromatic N) is 2. The first-order valence-corrected chi connectivity index (χ1v) is 9.04. The summed E-state index contributed by atoms with van der Waals surface area (Å²) in [5, 5.41) is 2.77. The van der Waals surface area contributed by atoms with Crippen LogP contribution in [-0.2, 0) is 11.2 Å². The molecule has 156 valence electrons. The summed E-state index contributed by atoms with van der Waals surface area (Å²) in [5.41, 5.74) is 1.40. The summed E-state index contributed by atoms with van der Waals surface area (Å²) < 4.78 is 41.3. The first-order chi connectivity index (χ1) is 13.6. The van der Waals surface area contributed by atoms with E-state index >= 15 is 0 Å². The lowest BCUT2D eigenvalue weighted by Crippen LogP contribution is -2.28. The number of nitrogens with one attached hydrogen (secondary N) is 1. The van der Waals surface area contributed by atoms with Crippen LogP contribution in [0.3, 0.4) is 0 Å². The van der Waals surface area contributed by atoms with Crippen LogP contribution in [0.2, 0.25) is 0 Å². The number of rotatable bonds is 8. The first-order valence-electron chi connectivity index (χ1n) is 9.04. The Hall–Kier alpha value is -2.97. The number of aromatic nitrogens is 2. The zero-order valence-corrected chi connectivity index (χ0v) is 16.3. The maximum atomic E-state index is 12.5. The predicted molar refractivity (Wildman–Crippen MR) is 99.6 cm³/mol. The van der Waals surface area contributed by atoms with Crippen LogP contribution < -0.4 is 10.1 Å². The van der Waals surface area contributed by atoms with Crippen molar-refractivity contribution in [3.8, 4) is 5.75 Å². The molecule has 0 aliphatic carbocycles. The van der Waals surface area contributed by atoms with Crippen LogP contribution in [0.15, 0.2) is 30.3 Å². The molecule has 0 aliphatic rings. The molecule has 1 heterocycles. The maximum Gasteiger partial charge on any atom is 0.422 e. The molecule has 0 saturated carbocycles. The molecular formula is C20H22F3N3O3. The average molecular weight is 409 g/mol. The van der Waals surface area contributed by atoms with Crippen molar-refractivity contribution in [1.82, 2.24) is 15.3 Å². The molecule has 0 bridgehead atoms. The van der Waals surface area contributed by atoms with E-state index in [0.717, 1.165) is 0 Å². The highest BCUT2D eigenvalue weighted by molar-refractivity contribution is 5.92. The Morgan fingerprint density at radius 2 is 1.83 bits per heavy atom. The van der Waals surface area contributed by atoms with Crippen LogP contribution in [0.5, 0.6) is 5.75 Å². The number of hydrogen-bond donors (Lipinski definition) is 1. The molecule has 1 atom stereocenters. The average Bonchev–Trinajstić information content (AvgIpc) is 2.65. The van der Waals surface area contributed by atoms with Gasteiger partial charge in [-0.05, 0) is 37.6 Å². The number of benzene rings is 1. The van der Waals surface area contributed by atoms with Crippen LogP contribution in [0.1, 0.15) is 53.9 Å². The van der Waals surface area contributed by atoms with Gasteiger partial charge in [-0.2, -0.15) is 13.2 Å². The van der Waals surface area contributed by atoms with Gasteiger partial charge in [0.2, 0.25) is 0 Å². The third-order valence-electron chi connectivity index (χ3n) is 4.01. The number of ether oxygens (including phenoxy) is 1. The van der Waals surface area contributed by atoms with Gasteiger partial charge in [-0.1, -0.05) is 19.1 Å². The molecule has 2 rings (SSSR count). The highest BCUT2D eigenvalue weighted by Gasteiger charge is 2.28. The van der Waals surface area contributed by atoms with Crippen LogP contribution in [0.25, 0.3) is 0 Å². The molecule has 1 aromatic heterocycles. The first kappa shape index (κ1) is 22.3. The van der Waals surface area contributed by atoms with E-state index in [1.54, 1.807) is 32.9 Å². The van der Waals surface area contributed by atoms with Crippen molar-refractivity contribution in [1.29, 1.82) is 0 Å². The largest absolute Gasteiger partial charge is 0.484 e. The number of alkyl halides is 3. The van der Waals surface area contributed by atoms with Crippen molar-refractivity contribution < 1.29 is 27.5 Å². The van der Waals surface area contributed by atoms with Gasteiger partial charge < -0.3 is 10.1 Å². The summed E-state index contributed by atoms with van der Waals surface area (Å²) in [6.45, 7) is 3.82. The number of carbonyl (C=O) groups excluding carboxylic acids is 2. The number of amides is 1. The lowest BCUT2D eigenvalue weighted by atomic mass is 10.1. The number of halogens is 3. The molecule has 2 aromatic rings. The number of hydrogen-bond acceptors (Lipinski definition) is 5. The van der Waals surface area contributed by atoms with E-state index in [2.05, 4.69) is 20.0 Å². The molecule has 0 radical (unpaired) electrons. The van der Waals surface area contributed by atoms with E-state index < -0.39 is 24.7 Å². The van der Waals surface area contributed by atoms with Gasteiger partial charge in [0.15, 0.2) is 6.61 Å². The lowest BCUT2D eigenvalue weighted by molar-refractivity contribution is -0.153. The van der Waals surface area contributed by atoms with E-state index in [1.807, 2.05) is 0 Å². The number of ketones is 1. The highest BCUT2D eigenvalue weighted by atomic mass is 19.4. The lowest BCUT2D eigenvalue weighted by Gasteiger charge is -2.15. The zero-order valence-electron chi connectivity index (χ0n) is 16.3. The topological polar surface area (TPSA) is 81.2 Å². The molecular weight excluding hydrogens is 387 g/mol. The Morgan fingerprint density at radius 1 is 1.17 bits per heavy atom. The number of Topliss-reactive ketones (excluding diaryl/α,β-unsaturated/α-hetero) is 1. The molecule has 1 aromatic carbocycles. The van der Waals surface area contributed by atoms with Crippen LogP contribution in [-0.4, -0.2) is 34.4 Å². The third kappa shape index (κ3) is 7.17. The standard InChI is InChI=1S/C20H22F3N3O3/c1-4-15(27)10-18-24-12(2)9-17(26-18)19(28)25-13(3)14-5-7-16(8-6-14)29-11-20(21,22)23/h5-9,13H,4,10-11H2,1-3H3,(H,25,28). The zero-order chi connectivity index (χ0) is 21.6. The summed E-state index contributed by atoms with van der Waals surface area (Å²) in [6.07, 6.45) is -3.98. The Labute approximate surface area is 166 Å². The van der Waals surface area contributed by atoms with Gasteiger partial charge in [-0.3, -0.25) is 9.59 Å². The molecule has 0 spiro atoms. The van der Waals surface area contributed by atoms with E-state index in [9.17, 15) is 22.8 Å². The molecule has 1 N–H and O–H groups in total. The monoisotopic (exact) mass is 409 g/mol. The molecule has 6 nitrogen and oxygen atoms in total. The van der Waals surface area contributed by atoms with E-state index in [-0.39, 0.29) is 23.6 Å². The second kappa shape index (κ2) is 9.49. The highest BCUT2D eigenvalue weighted by Crippen LogP contribution is 2.21. The van der Waals surface area contributed by atoms with Gasteiger partial charge in [0.25, 0.3) is 5.91 Å². The summed E-state index contributed by atoms with van der Waals surface area (Å²) in [5.74, 6) is -0.0872. The van der Waals surface area contributed by atoms with E-state index in [1.165, 1.54) is 18.2 Å². The summed E-state index contributed by atoms with van der Waals surface area (Å²) in [6, 6.07) is 7.08. The fourth-order valence-corrected chi connectivity index (χ4v) is 2.50. The Kier molecular flexibility index (Phi) is 7.30. The molecule has 29 heavy (non-hydrogen) atoms. The second-order valence-corrected chi connectivity index (χ2v) is 6.55. The Bertz CT molecular complexity index is 868. The van der Waals surface area contributed by atoms with Crippen molar-refractivity contribution in [3.05, 3.63) is 53.1 Å². The van der Waals surface area contributed by atoms with E-state index in [4.69, 9.17) is 0 Å². The van der Waals surface area contributed by atoms with Gasteiger partial charge in [0.1, 0.15) is 23.1 Å². The van der Waals surface area contributed by atoms with Crippen molar-refractivity contribution in [3.63, 3.8) is 0 Å². The van der Waals surface area contributed by atoms with Gasteiger partial charge in [0.05, 0.1) is 12.5 Å². The minimum Gasteiger partial charge on any atom is -0.484 e. The minimum atomic E-state index is -4.41. The third-order valence-corrected chi connectivity index (χ3v) is 4.01. The molecule has 9 heteroatoms. The fraction of sp³-hybridized carbons (Fsp3) is 0.400. The number of aryl methyl sites for hydroxylation is 1. The second-order valence-electron chi connectivity index (χ2n) is 6.55. The summed E-state index contributed by atoms with van der Waals surface area (Å²) >= 11 is 0. The van der Waals surface area contributed by atoms with E-state index in [0.29, 0.717) is 23.5 Å². The minimum absolute atomic E-state index is 0.0249. The maximum absolute atomic E-state index is 12.5. The van der Waals surface area contributed by atoms with Crippen LogP contribution >= 0.6 is 0 Å². The smallest absolute Gasteiger partial charge is 0.422 e. The molecule has 1 amide bonds. The Balaban J connectivity index is 2.04. The van der Waals surface area contributed by atoms with Crippen molar-refractivity contribution >= 4 is 11.7 Å². The predicted octanol–water partition coefficient (Wildman–Crippen LogP) is 3.74. The molecule has 0 aliphatic heterocycles.